The summed E-state index contributed by atoms with van der Waals surface area (Å²) in [5.41, 5.74) is -4.60. The summed E-state index contributed by atoms with van der Waals surface area (Å²) < 4.78 is 1.78. The molecule has 0 fully saturated rings. The molecular weight excluding hydrogens is 648 g/mol. The molecule has 6 aromatic rings. The van der Waals surface area contributed by atoms with Gasteiger partial charge in [0.2, 0.25) is 0 Å². The molecule has 0 amide bonds. The van der Waals surface area contributed by atoms with Gasteiger partial charge in [0, 0.05) is 0 Å². The highest BCUT2D eigenvalue weighted by Gasteiger charge is 2.25. The van der Waals surface area contributed by atoms with E-state index in [2.05, 4.69) is 25.9 Å². The van der Waals surface area contributed by atoms with Crippen LogP contribution in [-0.4, -0.2) is 73.8 Å². The molecule has 0 spiro atoms. The molecule has 0 radical (unpaired) electrons. The van der Waals surface area contributed by atoms with E-state index in [0.717, 1.165) is 21.5 Å². The predicted octanol–water partition coefficient (Wildman–Crippen LogP) is 1.45. The van der Waals surface area contributed by atoms with E-state index < -0.39 is 79.1 Å². The number of nitrogens with one attached hydrogen (secondary N) is 4. The van der Waals surface area contributed by atoms with Crippen LogP contribution in [0.1, 0.15) is 52.6 Å². The minimum atomic E-state index is -1.69. The lowest BCUT2D eigenvalue weighted by Gasteiger charge is -2.01. The molecule has 6 rings (SSSR count). The number of aromatic nitrogens is 6. The molecule has 0 saturated heterocycles. The van der Waals surface area contributed by atoms with Crippen molar-refractivity contribution in [2.24, 2.45) is 0 Å². The number of hydrogen-bond donors (Lipinski definition) is 8. The van der Waals surface area contributed by atoms with E-state index in [-0.39, 0.29) is 33.8 Å². The van der Waals surface area contributed by atoms with Crippen molar-refractivity contribution in [2.75, 3.05) is 0 Å². The van der Waals surface area contributed by atoms with Crippen molar-refractivity contribution >= 4 is 58.1 Å². The van der Waals surface area contributed by atoms with Crippen LogP contribution in [0.4, 0.5) is 0 Å². The second-order valence-corrected chi connectivity index (χ2v) is 10.3. The van der Waals surface area contributed by atoms with Crippen LogP contribution in [0.5, 0.6) is 0 Å². The fraction of sp³-hybridized carbons (Fsp3) is 0. The first-order valence-corrected chi connectivity index (χ1v) is 13.7. The zero-order chi connectivity index (χ0) is 35.3. The first-order chi connectivity index (χ1) is 23.3. The second kappa shape index (κ2) is 11.6. The Bertz CT molecular complexity index is 2540. The first-order valence-electron chi connectivity index (χ1n) is 13.7. The molecule has 0 aliphatic carbocycles. The number of fused-ring (bicyclic) bond motifs is 2. The van der Waals surface area contributed by atoms with Crippen LogP contribution in [0.3, 0.4) is 0 Å². The summed E-state index contributed by atoms with van der Waals surface area (Å²) in [4.78, 5) is 104. The Labute approximate surface area is 267 Å². The van der Waals surface area contributed by atoms with Crippen molar-refractivity contribution in [1.29, 1.82) is 0 Å². The van der Waals surface area contributed by atoms with Crippen LogP contribution in [0, 0.1) is 0 Å². The number of aromatic carboxylic acids is 4. The fourth-order valence-corrected chi connectivity index (χ4v) is 5.18. The summed E-state index contributed by atoms with van der Waals surface area (Å²) in [5.74, 6) is -5.82. The molecule has 18 heteroatoms. The molecule has 0 aliphatic heterocycles. The molecule has 4 heterocycles. The summed E-state index contributed by atoms with van der Waals surface area (Å²) in [6.45, 7) is 0. The second-order valence-electron chi connectivity index (χ2n) is 10.3. The number of hydrogen-bond acceptors (Lipinski definition) is 8. The van der Waals surface area contributed by atoms with Crippen LogP contribution in [0.25, 0.3) is 45.6 Å². The van der Waals surface area contributed by atoms with Crippen LogP contribution >= 0.6 is 0 Å². The van der Waals surface area contributed by atoms with Crippen molar-refractivity contribution in [1.82, 2.24) is 29.5 Å². The van der Waals surface area contributed by atoms with Crippen molar-refractivity contribution in [3.63, 3.8) is 0 Å². The lowest BCUT2D eigenvalue weighted by atomic mass is 10.0. The Morgan fingerprint density at radius 2 is 0.898 bits per heavy atom. The molecule has 49 heavy (non-hydrogen) atoms. The molecule has 2 aromatic carbocycles. The van der Waals surface area contributed by atoms with Crippen molar-refractivity contribution in [3.05, 3.63) is 129 Å². The van der Waals surface area contributed by atoms with Crippen LogP contribution in [0.2, 0.25) is 0 Å². The number of aromatic amines is 4. The van der Waals surface area contributed by atoms with E-state index in [0.29, 0.717) is 0 Å². The maximum absolute atomic E-state index is 13.3. The maximum atomic E-state index is 13.3. The van der Waals surface area contributed by atoms with Gasteiger partial charge >= 0.3 is 23.9 Å². The lowest BCUT2D eigenvalue weighted by molar-refractivity contribution is 0.0686. The molecule has 0 aliphatic rings. The number of carboxylic acids is 4. The molecule has 0 unspecified atom stereocenters. The Hall–Kier alpha value is -7.72. The summed E-state index contributed by atoms with van der Waals surface area (Å²) in [6.07, 6.45) is 1.63. The maximum Gasteiger partial charge on any atom is 0.337 e. The number of rotatable bonds is 8. The predicted molar refractivity (Wildman–Crippen MR) is 169 cm³/mol. The third-order valence-electron chi connectivity index (χ3n) is 7.41. The zero-order valence-electron chi connectivity index (χ0n) is 24.2. The van der Waals surface area contributed by atoms with Crippen LogP contribution < -0.4 is 22.2 Å². The smallest absolute Gasteiger partial charge is 0.337 e. The Morgan fingerprint density at radius 1 is 0.551 bits per heavy atom. The van der Waals surface area contributed by atoms with Crippen molar-refractivity contribution in [3.8, 4) is 11.4 Å². The lowest BCUT2D eigenvalue weighted by Crippen LogP contribution is -2.20. The SMILES string of the molecule is O=C(O)c1ccc(-n2[nH]c3[nH]c(=O)c(C=C=Cc4c(C(=O)O)c5c(=O)n(-c6ccc(C(=O)O)cc6)[nH]c5[nH]c4=O)c(C(=O)O)c3c2=O)cc1. The van der Waals surface area contributed by atoms with Gasteiger partial charge in [0.25, 0.3) is 22.2 Å². The first kappa shape index (κ1) is 31.3. The number of pyridine rings is 2. The topological polar surface area (TPSA) is 290 Å². The number of benzene rings is 2. The van der Waals surface area contributed by atoms with E-state index in [1.54, 1.807) is 0 Å². The van der Waals surface area contributed by atoms with E-state index in [1.165, 1.54) is 48.5 Å². The zero-order valence-corrected chi connectivity index (χ0v) is 24.2. The molecule has 0 bridgehead atoms. The summed E-state index contributed by atoms with van der Waals surface area (Å²) >= 11 is 0. The monoisotopic (exact) mass is 666 g/mol. The molecule has 8 N–H and O–H groups in total. The number of H-pyrrole nitrogens is 4. The highest BCUT2D eigenvalue weighted by molar-refractivity contribution is 6.06. The normalized spacial score (nSPS) is 10.9. The summed E-state index contributed by atoms with van der Waals surface area (Å²) in [7, 11) is 0. The molecule has 0 saturated carbocycles. The minimum absolute atomic E-state index is 0.0785. The molecule has 244 valence electrons. The van der Waals surface area contributed by atoms with Crippen LogP contribution in [-0.2, 0) is 0 Å². The van der Waals surface area contributed by atoms with Gasteiger partial charge in [-0.05, 0) is 60.7 Å². The highest BCUT2D eigenvalue weighted by atomic mass is 16.4. The Balaban J connectivity index is 1.50. The average Bonchev–Trinajstić information content (AvgIpc) is 3.56. The van der Waals surface area contributed by atoms with E-state index in [4.69, 9.17) is 10.2 Å². The van der Waals surface area contributed by atoms with Gasteiger partial charge in [-0.15, -0.1) is 5.73 Å². The summed E-state index contributed by atoms with van der Waals surface area (Å²) in [5, 5.41) is 42.5. The van der Waals surface area contributed by atoms with Gasteiger partial charge < -0.3 is 30.4 Å². The van der Waals surface area contributed by atoms with Gasteiger partial charge in [-0.3, -0.25) is 29.4 Å². The third kappa shape index (κ3) is 5.23. The van der Waals surface area contributed by atoms with E-state index in [9.17, 15) is 48.6 Å². The van der Waals surface area contributed by atoms with Gasteiger partial charge in [-0.1, -0.05) is 0 Å². The highest BCUT2D eigenvalue weighted by Crippen LogP contribution is 2.20. The number of carboxylic acid groups (broad SMARTS) is 4. The van der Waals surface area contributed by atoms with E-state index in [1.807, 2.05) is 0 Å². The largest absolute Gasteiger partial charge is 0.478 e. The fourth-order valence-electron chi connectivity index (χ4n) is 5.18. The molecule has 0 atom stereocenters. The molecule has 4 aromatic heterocycles. The number of carbonyl (C=O) groups is 4. The van der Waals surface area contributed by atoms with Gasteiger partial charge in [0.15, 0.2) is 0 Å². The van der Waals surface area contributed by atoms with E-state index >= 15 is 0 Å². The quantitative estimate of drug-likeness (QED) is 0.107. The van der Waals surface area contributed by atoms with Crippen molar-refractivity contribution < 1.29 is 39.6 Å². The average molecular weight is 667 g/mol. The van der Waals surface area contributed by atoms with Gasteiger partial charge in [-0.2, -0.15) is 0 Å². The summed E-state index contributed by atoms with van der Waals surface area (Å²) in [6, 6.07) is 9.97. The van der Waals surface area contributed by atoms with Gasteiger partial charge in [-0.25, -0.2) is 28.5 Å². The Morgan fingerprint density at radius 3 is 1.20 bits per heavy atom. The third-order valence-corrected chi connectivity index (χ3v) is 7.41. The Kier molecular flexibility index (Phi) is 7.39. The minimum Gasteiger partial charge on any atom is -0.478 e. The standard InChI is InChI=1S/C31H18N6O12/c38-24-16(18(30(46)47)20-22(32-24)34-36(26(20)40)14-8-4-12(5-9-14)28(42)43)2-1-3-17-19(31(48)49)21-23(33-25(17)39)35-37(27(21)41)15-10-6-13(7-11-15)29(44)45/h2-11H,(H,42,43)(H,44,45)(H,46,47)(H,48,49)(H2,32,34,38)(H2,33,35,39). The molecular formula is C31H18N6O12. The van der Waals surface area contributed by atoms with Gasteiger partial charge in [0.05, 0.1) is 55.5 Å². The number of nitrogens with zero attached hydrogens (tertiary/aromatic N) is 2. The van der Waals surface area contributed by atoms with Crippen LogP contribution in [0.15, 0.2) is 73.4 Å². The van der Waals surface area contributed by atoms with Gasteiger partial charge in [0.1, 0.15) is 11.3 Å². The molecule has 18 nitrogen and oxygen atoms in total. The van der Waals surface area contributed by atoms with Crippen molar-refractivity contribution in [2.45, 2.75) is 0 Å².